The minimum Gasteiger partial charge on any atom is -0.479 e. The predicted molar refractivity (Wildman–Crippen MR) is 55.0 cm³/mol. The number of carbonyl (C=O) groups is 2. The number of ether oxygens (including phenoxy) is 3. The lowest BCUT2D eigenvalue weighted by Crippen LogP contribution is -2.35. The first-order valence-corrected chi connectivity index (χ1v) is 4.97. The van der Waals surface area contributed by atoms with E-state index in [1.807, 2.05) is 0 Å². The van der Waals surface area contributed by atoms with Crippen LogP contribution in [0.15, 0.2) is 4.99 Å². The smallest absolute Gasteiger partial charge is 0.303 e. The molecule has 0 aliphatic carbocycles. The van der Waals surface area contributed by atoms with Crippen molar-refractivity contribution in [2.24, 2.45) is 4.99 Å². The Hall–Kier alpha value is -1.59. The molecule has 1 heterocycles. The molecule has 0 spiro atoms. The number of aliphatic imine (C=N–C) groups is 1. The van der Waals surface area contributed by atoms with Crippen molar-refractivity contribution >= 4 is 17.8 Å². The summed E-state index contributed by atoms with van der Waals surface area (Å²) < 4.78 is 15.0. The van der Waals surface area contributed by atoms with Gasteiger partial charge >= 0.3 is 11.9 Å². The molecule has 6 heteroatoms. The largest absolute Gasteiger partial charge is 0.479 e. The molecular formula is C10H15NO5. The van der Waals surface area contributed by atoms with Crippen LogP contribution < -0.4 is 0 Å². The van der Waals surface area contributed by atoms with E-state index >= 15 is 0 Å². The summed E-state index contributed by atoms with van der Waals surface area (Å²) in [7, 11) is 0. The molecule has 0 fully saturated rings. The molecular weight excluding hydrogens is 214 g/mol. The number of hydrogen-bond donors (Lipinski definition) is 0. The van der Waals surface area contributed by atoms with E-state index in [4.69, 9.17) is 14.2 Å². The van der Waals surface area contributed by atoms with Crippen LogP contribution in [0.2, 0.25) is 0 Å². The van der Waals surface area contributed by atoms with Gasteiger partial charge in [-0.3, -0.25) is 9.59 Å². The Morgan fingerprint density at radius 1 is 1.50 bits per heavy atom. The third kappa shape index (κ3) is 3.88. The highest BCUT2D eigenvalue weighted by molar-refractivity contribution is 5.75. The predicted octanol–water partition coefficient (Wildman–Crippen LogP) is 0.298. The van der Waals surface area contributed by atoms with Gasteiger partial charge in [0.2, 0.25) is 0 Å². The van der Waals surface area contributed by atoms with Gasteiger partial charge in [-0.1, -0.05) is 0 Å². The van der Waals surface area contributed by atoms with Crippen molar-refractivity contribution in [3.05, 3.63) is 0 Å². The second-order valence-corrected chi connectivity index (χ2v) is 3.48. The SMILES string of the molecule is CC(=O)OC[C@H](OC(C)=O)C1COC(C)=N1. The molecule has 0 aromatic rings. The van der Waals surface area contributed by atoms with E-state index in [2.05, 4.69) is 4.99 Å². The first-order valence-electron chi connectivity index (χ1n) is 4.97. The molecule has 0 aromatic heterocycles. The molecule has 90 valence electrons. The van der Waals surface area contributed by atoms with Crippen LogP contribution in [0.4, 0.5) is 0 Å². The summed E-state index contributed by atoms with van der Waals surface area (Å²) in [6.07, 6.45) is -0.584. The van der Waals surface area contributed by atoms with Crippen LogP contribution >= 0.6 is 0 Å². The van der Waals surface area contributed by atoms with Gasteiger partial charge in [-0.15, -0.1) is 0 Å². The summed E-state index contributed by atoms with van der Waals surface area (Å²) in [6.45, 7) is 4.65. The zero-order chi connectivity index (χ0) is 12.1. The van der Waals surface area contributed by atoms with Crippen molar-refractivity contribution in [1.82, 2.24) is 0 Å². The quantitative estimate of drug-likeness (QED) is 0.648. The lowest BCUT2D eigenvalue weighted by Gasteiger charge is -2.19. The van der Waals surface area contributed by atoms with Crippen LogP contribution in [0.3, 0.4) is 0 Å². The summed E-state index contributed by atoms with van der Waals surface area (Å²) in [5.74, 6) is -0.307. The maximum absolute atomic E-state index is 10.9. The first-order chi connectivity index (χ1) is 7.49. The third-order valence-electron chi connectivity index (χ3n) is 2.01. The van der Waals surface area contributed by atoms with Crippen LogP contribution in [0.1, 0.15) is 20.8 Å². The molecule has 1 unspecified atom stereocenters. The Balaban J connectivity index is 2.56. The second-order valence-electron chi connectivity index (χ2n) is 3.48. The maximum Gasteiger partial charge on any atom is 0.303 e. The fourth-order valence-electron chi connectivity index (χ4n) is 1.34. The van der Waals surface area contributed by atoms with Gasteiger partial charge in [0.25, 0.3) is 0 Å². The Kier molecular flexibility index (Phi) is 4.28. The summed E-state index contributed by atoms with van der Waals surface area (Å²) in [4.78, 5) is 25.7. The minimum atomic E-state index is -0.584. The molecule has 1 aliphatic heterocycles. The van der Waals surface area contributed by atoms with E-state index in [-0.39, 0.29) is 12.6 Å². The van der Waals surface area contributed by atoms with E-state index in [9.17, 15) is 9.59 Å². The van der Waals surface area contributed by atoms with Crippen molar-refractivity contribution < 1.29 is 23.8 Å². The van der Waals surface area contributed by atoms with Crippen LogP contribution in [-0.4, -0.2) is 43.2 Å². The average Bonchev–Trinajstić information content (AvgIpc) is 2.58. The van der Waals surface area contributed by atoms with E-state index < -0.39 is 18.0 Å². The van der Waals surface area contributed by atoms with Gasteiger partial charge in [0.1, 0.15) is 19.3 Å². The molecule has 0 amide bonds. The van der Waals surface area contributed by atoms with Crippen molar-refractivity contribution in [2.45, 2.75) is 32.9 Å². The van der Waals surface area contributed by atoms with Gasteiger partial charge in [-0.05, 0) is 0 Å². The molecule has 6 nitrogen and oxygen atoms in total. The Bertz CT molecular complexity index is 312. The monoisotopic (exact) mass is 229 g/mol. The molecule has 0 N–H and O–H groups in total. The van der Waals surface area contributed by atoms with Gasteiger partial charge < -0.3 is 14.2 Å². The zero-order valence-corrected chi connectivity index (χ0v) is 9.56. The van der Waals surface area contributed by atoms with Crippen LogP contribution in [0.25, 0.3) is 0 Å². The molecule has 0 saturated heterocycles. The summed E-state index contributed by atoms with van der Waals surface area (Å²) in [6, 6.07) is -0.303. The van der Waals surface area contributed by atoms with Crippen molar-refractivity contribution in [2.75, 3.05) is 13.2 Å². The molecule has 16 heavy (non-hydrogen) atoms. The number of rotatable bonds is 4. The fraction of sp³-hybridized carbons (Fsp3) is 0.700. The Morgan fingerprint density at radius 3 is 2.62 bits per heavy atom. The highest BCUT2D eigenvalue weighted by Crippen LogP contribution is 2.12. The van der Waals surface area contributed by atoms with Gasteiger partial charge in [0.05, 0.1) is 0 Å². The summed E-state index contributed by atoms with van der Waals surface area (Å²) in [5.41, 5.74) is 0. The molecule has 1 rings (SSSR count). The van der Waals surface area contributed by atoms with Gasteiger partial charge in [0, 0.05) is 20.8 Å². The Morgan fingerprint density at radius 2 is 2.19 bits per heavy atom. The van der Waals surface area contributed by atoms with E-state index in [0.717, 1.165) is 0 Å². The fourth-order valence-corrected chi connectivity index (χ4v) is 1.34. The highest BCUT2D eigenvalue weighted by atomic mass is 16.6. The molecule has 2 atom stereocenters. The molecule has 0 aromatic carbocycles. The summed E-state index contributed by atoms with van der Waals surface area (Å²) >= 11 is 0. The molecule has 0 saturated carbocycles. The lowest BCUT2D eigenvalue weighted by molar-refractivity contribution is -0.157. The van der Waals surface area contributed by atoms with Crippen molar-refractivity contribution in [1.29, 1.82) is 0 Å². The second kappa shape index (κ2) is 5.48. The van der Waals surface area contributed by atoms with E-state index in [0.29, 0.717) is 12.5 Å². The molecule has 1 aliphatic rings. The van der Waals surface area contributed by atoms with Crippen LogP contribution in [0.5, 0.6) is 0 Å². The van der Waals surface area contributed by atoms with Gasteiger partial charge in [-0.2, -0.15) is 0 Å². The summed E-state index contributed by atoms with van der Waals surface area (Å²) in [5, 5.41) is 0. The topological polar surface area (TPSA) is 74.2 Å². The number of esters is 2. The Labute approximate surface area is 93.6 Å². The van der Waals surface area contributed by atoms with Gasteiger partial charge in [0.15, 0.2) is 12.0 Å². The lowest BCUT2D eigenvalue weighted by atomic mass is 10.2. The van der Waals surface area contributed by atoms with Crippen LogP contribution in [-0.2, 0) is 23.8 Å². The molecule has 0 radical (unpaired) electrons. The normalized spacial score (nSPS) is 20.7. The maximum atomic E-state index is 10.9. The standard InChI is InChI=1S/C10H15NO5/c1-6-11-9(4-14-6)10(16-8(3)13)5-15-7(2)12/h9-10H,4-5H2,1-3H3/t9?,10-/m0/s1. The molecule has 0 bridgehead atoms. The van der Waals surface area contributed by atoms with Crippen molar-refractivity contribution in [3.63, 3.8) is 0 Å². The van der Waals surface area contributed by atoms with Gasteiger partial charge in [-0.25, -0.2) is 4.99 Å². The number of carbonyl (C=O) groups excluding carboxylic acids is 2. The van der Waals surface area contributed by atoms with E-state index in [1.165, 1.54) is 13.8 Å². The first kappa shape index (κ1) is 12.5. The van der Waals surface area contributed by atoms with Crippen LogP contribution in [0, 0.1) is 0 Å². The third-order valence-corrected chi connectivity index (χ3v) is 2.01. The number of hydrogen-bond acceptors (Lipinski definition) is 6. The minimum absolute atomic E-state index is 0.000278. The van der Waals surface area contributed by atoms with E-state index in [1.54, 1.807) is 6.92 Å². The van der Waals surface area contributed by atoms with Crippen molar-refractivity contribution in [3.8, 4) is 0 Å². The zero-order valence-electron chi connectivity index (χ0n) is 9.56. The average molecular weight is 229 g/mol. The highest BCUT2D eigenvalue weighted by Gasteiger charge is 2.29. The number of nitrogens with zero attached hydrogens (tertiary/aromatic N) is 1.